The molecule has 1 aliphatic carbocycles. The van der Waals surface area contributed by atoms with Gasteiger partial charge < -0.3 is 10.2 Å². The Labute approximate surface area is 196 Å². The lowest BCUT2D eigenvalue weighted by molar-refractivity contribution is -0.128. The van der Waals surface area contributed by atoms with Crippen LogP contribution in [0.2, 0.25) is 5.02 Å². The van der Waals surface area contributed by atoms with Crippen molar-refractivity contribution >= 4 is 29.0 Å². The van der Waals surface area contributed by atoms with Gasteiger partial charge in [0.25, 0.3) is 5.91 Å². The second-order valence-corrected chi connectivity index (χ2v) is 8.76. The molecule has 0 radical (unpaired) electrons. The largest absolute Gasteiger partial charge is 0.341 e. The van der Waals surface area contributed by atoms with Crippen LogP contribution in [0.25, 0.3) is 5.57 Å². The standard InChI is InChI=1S/C25H24ClFN4O2/c1-15(27)20(12-17-6-7-22(32)31(3)16(17)2)18-11-19(14-28-13-18)25(8-9-25)30-24(33)23-21(26)5-4-10-29-23/h4-5,10-14H,2,6-9H2,1,3H3,(H,30,33)/b17-12-,20-15-. The van der Waals surface area contributed by atoms with Crippen molar-refractivity contribution in [1.82, 2.24) is 20.2 Å². The van der Waals surface area contributed by atoms with Gasteiger partial charge in [-0.15, -0.1) is 0 Å². The number of amides is 2. The summed E-state index contributed by atoms with van der Waals surface area (Å²) in [5, 5.41) is 3.30. The van der Waals surface area contributed by atoms with Crippen LogP contribution in [-0.4, -0.2) is 33.7 Å². The number of rotatable bonds is 5. The Morgan fingerprint density at radius 1 is 1.33 bits per heavy atom. The number of hydrogen-bond acceptors (Lipinski definition) is 4. The highest BCUT2D eigenvalue weighted by Crippen LogP contribution is 2.46. The SMILES string of the molecule is C=C1/C(=C\C(=C(/C)F)c2cncc(C3(NC(=O)c4ncccc4Cl)CC3)c2)CCC(=O)N1C. The first-order chi connectivity index (χ1) is 15.7. The van der Waals surface area contributed by atoms with Crippen molar-refractivity contribution in [2.24, 2.45) is 0 Å². The zero-order chi connectivity index (χ0) is 23.8. The molecule has 2 amide bonds. The van der Waals surface area contributed by atoms with E-state index >= 15 is 0 Å². The van der Waals surface area contributed by atoms with Crippen LogP contribution in [0.3, 0.4) is 0 Å². The molecule has 2 aromatic rings. The van der Waals surface area contributed by atoms with Gasteiger partial charge in [0.1, 0.15) is 11.5 Å². The van der Waals surface area contributed by atoms with E-state index < -0.39 is 5.54 Å². The van der Waals surface area contributed by atoms with Crippen LogP contribution >= 0.6 is 11.6 Å². The zero-order valence-corrected chi connectivity index (χ0v) is 19.2. The van der Waals surface area contributed by atoms with E-state index in [1.807, 2.05) is 6.07 Å². The lowest BCUT2D eigenvalue weighted by Crippen LogP contribution is -2.35. The van der Waals surface area contributed by atoms with Crippen LogP contribution in [0, 0.1) is 0 Å². The van der Waals surface area contributed by atoms with Crippen LogP contribution < -0.4 is 5.32 Å². The molecule has 2 aliphatic rings. The van der Waals surface area contributed by atoms with Crippen molar-refractivity contribution in [2.75, 3.05) is 7.05 Å². The second-order valence-electron chi connectivity index (χ2n) is 8.35. The van der Waals surface area contributed by atoms with Gasteiger partial charge in [0.15, 0.2) is 0 Å². The summed E-state index contributed by atoms with van der Waals surface area (Å²) in [6.07, 6.45) is 8.82. The van der Waals surface area contributed by atoms with Crippen LogP contribution in [0.1, 0.15) is 54.2 Å². The number of halogens is 2. The minimum absolute atomic E-state index is 0.0114. The first kappa shape index (κ1) is 22.9. The molecule has 2 aromatic heterocycles. The summed E-state index contributed by atoms with van der Waals surface area (Å²) >= 11 is 6.12. The summed E-state index contributed by atoms with van der Waals surface area (Å²) in [5.41, 5.74) is 2.67. The predicted octanol–water partition coefficient (Wildman–Crippen LogP) is 4.94. The number of piperidine rings is 1. The summed E-state index contributed by atoms with van der Waals surface area (Å²) in [6, 6.07) is 5.12. The Kier molecular flexibility index (Phi) is 6.17. The lowest BCUT2D eigenvalue weighted by Gasteiger charge is -2.27. The number of nitrogens with one attached hydrogen (secondary N) is 1. The Balaban J connectivity index is 1.63. The van der Waals surface area contributed by atoms with E-state index in [-0.39, 0.29) is 28.4 Å². The summed E-state index contributed by atoms with van der Waals surface area (Å²) < 4.78 is 14.6. The van der Waals surface area contributed by atoms with Crippen LogP contribution in [0.5, 0.6) is 0 Å². The molecule has 4 rings (SSSR count). The maximum Gasteiger partial charge on any atom is 0.272 e. The van der Waals surface area contributed by atoms with Gasteiger partial charge in [-0.1, -0.05) is 18.2 Å². The van der Waals surface area contributed by atoms with Crippen molar-refractivity contribution in [3.8, 4) is 0 Å². The number of hydrogen-bond donors (Lipinski definition) is 1. The highest BCUT2D eigenvalue weighted by atomic mass is 35.5. The number of nitrogens with zero attached hydrogens (tertiary/aromatic N) is 3. The van der Waals surface area contributed by atoms with Crippen molar-refractivity contribution < 1.29 is 14.0 Å². The molecule has 6 nitrogen and oxygen atoms in total. The Morgan fingerprint density at radius 3 is 2.76 bits per heavy atom. The number of pyridine rings is 2. The first-order valence-electron chi connectivity index (χ1n) is 10.6. The van der Waals surface area contributed by atoms with Crippen molar-refractivity contribution in [1.29, 1.82) is 0 Å². The highest BCUT2D eigenvalue weighted by molar-refractivity contribution is 6.33. The van der Waals surface area contributed by atoms with Gasteiger partial charge in [-0.2, -0.15) is 0 Å². The fourth-order valence-electron chi connectivity index (χ4n) is 3.92. The average molecular weight is 467 g/mol. The van der Waals surface area contributed by atoms with Gasteiger partial charge in [0.2, 0.25) is 5.91 Å². The molecule has 3 heterocycles. The number of likely N-dealkylation sites (tertiary alicyclic amines) is 1. The maximum atomic E-state index is 14.6. The quantitative estimate of drug-likeness (QED) is 0.677. The molecule has 1 N–H and O–H groups in total. The third-order valence-electron chi connectivity index (χ3n) is 6.13. The third-order valence-corrected chi connectivity index (χ3v) is 6.43. The van der Waals surface area contributed by atoms with Gasteiger partial charge >= 0.3 is 0 Å². The number of carbonyl (C=O) groups is 2. The van der Waals surface area contributed by atoms with Gasteiger partial charge in [-0.05, 0) is 61.6 Å². The van der Waals surface area contributed by atoms with Crippen LogP contribution in [0.4, 0.5) is 4.39 Å². The molecule has 0 aromatic carbocycles. The van der Waals surface area contributed by atoms with Crippen LogP contribution in [-0.2, 0) is 10.3 Å². The summed E-state index contributed by atoms with van der Waals surface area (Å²) in [6.45, 7) is 5.37. The fourth-order valence-corrected chi connectivity index (χ4v) is 4.13. The number of likely N-dealkylation sites (N-methyl/N-ethyl adjacent to an activating group) is 1. The average Bonchev–Trinajstić information content (AvgIpc) is 3.58. The zero-order valence-electron chi connectivity index (χ0n) is 18.5. The summed E-state index contributed by atoms with van der Waals surface area (Å²) in [4.78, 5) is 34.6. The molecular formula is C25H24ClFN4O2. The highest BCUT2D eigenvalue weighted by Gasteiger charge is 2.46. The Bertz CT molecular complexity index is 1210. The topological polar surface area (TPSA) is 75.2 Å². The van der Waals surface area contributed by atoms with Gasteiger partial charge in [0.05, 0.1) is 10.6 Å². The van der Waals surface area contributed by atoms with Gasteiger partial charge in [0, 0.05) is 48.9 Å². The van der Waals surface area contributed by atoms with E-state index in [1.165, 1.54) is 18.0 Å². The molecule has 2 fully saturated rings. The Morgan fingerprint density at radius 2 is 2.09 bits per heavy atom. The monoisotopic (exact) mass is 466 g/mol. The molecule has 1 saturated carbocycles. The molecule has 0 spiro atoms. The summed E-state index contributed by atoms with van der Waals surface area (Å²) in [7, 11) is 1.67. The number of allylic oxidation sites excluding steroid dienone is 4. The van der Waals surface area contributed by atoms with Crippen LogP contribution in [0.15, 0.2) is 66.5 Å². The van der Waals surface area contributed by atoms with Gasteiger partial charge in [-0.3, -0.25) is 14.6 Å². The fraction of sp³-hybridized carbons (Fsp3) is 0.280. The first-order valence-corrected chi connectivity index (χ1v) is 11.0. The normalized spacial score (nSPS) is 19.4. The molecule has 33 heavy (non-hydrogen) atoms. The van der Waals surface area contributed by atoms with E-state index in [0.29, 0.717) is 29.7 Å². The van der Waals surface area contributed by atoms with E-state index in [4.69, 9.17) is 11.6 Å². The second kappa shape index (κ2) is 8.90. The van der Waals surface area contributed by atoms with Gasteiger partial charge in [-0.25, -0.2) is 9.37 Å². The minimum atomic E-state index is -0.593. The van der Waals surface area contributed by atoms with Crippen molar-refractivity contribution in [3.05, 3.63) is 88.4 Å². The van der Waals surface area contributed by atoms with E-state index in [2.05, 4.69) is 21.9 Å². The third kappa shape index (κ3) is 4.59. The van der Waals surface area contributed by atoms with E-state index in [9.17, 15) is 14.0 Å². The molecule has 1 saturated heterocycles. The van der Waals surface area contributed by atoms with E-state index in [1.54, 1.807) is 37.7 Å². The van der Waals surface area contributed by atoms with E-state index in [0.717, 1.165) is 24.0 Å². The molecule has 0 atom stereocenters. The molecule has 0 unspecified atom stereocenters. The molecule has 170 valence electrons. The smallest absolute Gasteiger partial charge is 0.272 e. The lowest BCUT2D eigenvalue weighted by atomic mass is 9.94. The Hall–Kier alpha value is -3.32. The maximum absolute atomic E-state index is 14.6. The predicted molar refractivity (Wildman–Crippen MR) is 125 cm³/mol. The minimum Gasteiger partial charge on any atom is -0.341 e. The number of carbonyl (C=O) groups excluding carboxylic acids is 2. The molecule has 8 heteroatoms. The summed E-state index contributed by atoms with van der Waals surface area (Å²) in [5.74, 6) is -0.750. The molecule has 0 bridgehead atoms. The van der Waals surface area contributed by atoms with Crippen molar-refractivity contribution in [3.63, 3.8) is 0 Å². The molecular weight excluding hydrogens is 443 g/mol. The number of aromatic nitrogens is 2. The molecule has 1 aliphatic heterocycles. The van der Waals surface area contributed by atoms with Crippen molar-refractivity contribution in [2.45, 2.75) is 38.1 Å².